The van der Waals surface area contributed by atoms with E-state index in [0.29, 0.717) is 6.54 Å². The number of primary amides is 1. The number of carbonyl (C=O) groups is 1. The summed E-state index contributed by atoms with van der Waals surface area (Å²) in [5, 5.41) is 0. The molecule has 1 aliphatic rings. The first-order valence-corrected chi connectivity index (χ1v) is 7.12. The molecule has 1 saturated heterocycles. The molecular formula is C15H24N4O2. The second-order valence-electron chi connectivity index (χ2n) is 5.74. The molecule has 1 heterocycles. The fourth-order valence-corrected chi connectivity index (χ4v) is 2.50. The lowest BCUT2D eigenvalue weighted by Gasteiger charge is -2.38. The third-order valence-electron chi connectivity index (χ3n) is 3.92. The van der Waals surface area contributed by atoms with Crippen LogP contribution in [0, 0.1) is 0 Å². The molecular weight excluding hydrogens is 268 g/mol. The van der Waals surface area contributed by atoms with Crippen molar-refractivity contribution >= 4 is 11.6 Å². The van der Waals surface area contributed by atoms with Gasteiger partial charge in [0.15, 0.2) is 0 Å². The van der Waals surface area contributed by atoms with Crippen molar-refractivity contribution in [3.8, 4) is 5.75 Å². The first-order valence-electron chi connectivity index (χ1n) is 7.12. The van der Waals surface area contributed by atoms with E-state index in [1.54, 1.807) is 14.0 Å². The summed E-state index contributed by atoms with van der Waals surface area (Å²) in [6.07, 6.45) is 0. The number of rotatable bonds is 5. The van der Waals surface area contributed by atoms with E-state index in [9.17, 15) is 4.79 Å². The molecule has 4 N–H and O–H groups in total. The minimum atomic E-state index is -0.970. The van der Waals surface area contributed by atoms with E-state index in [2.05, 4.69) is 21.9 Å². The lowest BCUT2D eigenvalue weighted by Crippen LogP contribution is -2.59. The molecule has 6 heteroatoms. The maximum atomic E-state index is 11.3. The van der Waals surface area contributed by atoms with E-state index in [4.69, 9.17) is 16.2 Å². The van der Waals surface area contributed by atoms with Crippen LogP contribution in [0.25, 0.3) is 0 Å². The molecule has 0 spiro atoms. The molecule has 2 rings (SSSR count). The number of methoxy groups -OCH3 is 1. The van der Waals surface area contributed by atoms with E-state index in [0.717, 1.165) is 31.9 Å². The number of nitrogens with zero attached hydrogens (tertiary/aromatic N) is 2. The van der Waals surface area contributed by atoms with Crippen molar-refractivity contribution in [2.24, 2.45) is 11.5 Å². The first kappa shape index (κ1) is 15.6. The van der Waals surface area contributed by atoms with Gasteiger partial charge in [-0.05, 0) is 31.2 Å². The van der Waals surface area contributed by atoms with Gasteiger partial charge in [-0.15, -0.1) is 0 Å². The zero-order valence-corrected chi connectivity index (χ0v) is 12.7. The maximum absolute atomic E-state index is 11.3. The van der Waals surface area contributed by atoms with Crippen LogP contribution in [0.2, 0.25) is 0 Å². The van der Waals surface area contributed by atoms with Gasteiger partial charge in [-0.1, -0.05) is 0 Å². The van der Waals surface area contributed by atoms with E-state index in [1.165, 1.54) is 5.69 Å². The fourth-order valence-electron chi connectivity index (χ4n) is 2.50. The molecule has 1 fully saturated rings. The predicted molar refractivity (Wildman–Crippen MR) is 83.4 cm³/mol. The fraction of sp³-hybridized carbons (Fsp3) is 0.533. The highest BCUT2D eigenvalue weighted by Crippen LogP contribution is 2.20. The summed E-state index contributed by atoms with van der Waals surface area (Å²) in [5.41, 5.74) is 11.5. The monoisotopic (exact) mass is 292 g/mol. The van der Waals surface area contributed by atoms with Gasteiger partial charge in [-0.2, -0.15) is 0 Å². The van der Waals surface area contributed by atoms with Crippen LogP contribution in [-0.4, -0.2) is 56.2 Å². The Labute approximate surface area is 125 Å². The van der Waals surface area contributed by atoms with E-state index in [1.807, 2.05) is 12.1 Å². The van der Waals surface area contributed by atoms with Gasteiger partial charge in [0, 0.05) is 38.4 Å². The molecule has 0 radical (unpaired) electrons. The average molecular weight is 292 g/mol. The van der Waals surface area contributed by atoms with Crippen molar-refractivity contribution < 1.29 is 9.53 Å². The van der Waals surface area contributed by atoms with Crippen LogP contribution in [0.4, 0.5) is 5.69 Å². The maximum Gasteiger partial charge on any atom is 0.238 e. The molecule has 0 saturated carbocycles. The van der Waals surface area contributed by atoms with Crippen LogP contribution >= 0.6 is 0 Å². The third-order valence-corrected chi connectivity index (χ3v) is 3.92. The second kappa shape index (κ2) is 6.32. The molecule has 116 valence electrons. The summed E-state index contributed by atoms with van der Waals surface area (Å²) in [5.74, 6) is 0.401. The largest absolute Gasteiger partial charge is 0.497 e. The van der Waals surface area contributed by atoms with Crippen LogP contribution in [0.3, 0.4) is 0 Å². The smallest absolute Gasteiger partial charge is 0.238 e. The van der Waals surface area contributed by atoms with E-state index in [-0.39, 0.29) is 0 Å². The van der Waals surface area contributed by atoms with Gasteiger partial charge >= 0.3 is 0 Å². The van der Waals surface area contributed by atoms with Gasteiger partial charge in [0.1, 0.15) is 11.3 Å². The highest BCUT2D eigenvalue weighted by molar-refractivity contribution is 5.84. The quantitative estimate of drug-likeness (QED) is 0.799. The molecule has 1 aromatic carbocycles. The SMILES string of the molecule is COc1ccc(N2CCN(CC(C)(N)C(N)=O)CC2)cc1. The average Bonchev–Trinajstić information content (AvgIpc) is 2.48. The Kier molecular flexibility index (Phi) is 4.69. The van der Waals surface area contributed by atoms with Crippen molar-refractivity contribution in [1.29, 1.82) is 0 Å². The topological polar surface area (TPSA) is 84.8 Å². The molecule has 6 nitrogen and oxygen atoms in total. The molecule has 1 unspecified atom stereocenters. The molecule has 1 atom stereocenters. The van der Waals surface area contributed by atoms with Crippen LogP contribution in [-0.2, 0) is 4.79 Å². The van der Waals surface area contributed by atoms with Crippen LogP contribution in [0.15, 0.2) is 24.3 Å². The number of ether oxygens (including phenoxy) is 1. The summed E-state index contributed by atoms with van der Waals surface area (Å²) in [7, 11) is 1.66. The second-order valence-corrected chi connectivity index (χ2v) is 5.74. The van der Waals surface area contributed by atoms with Crippen molar-refractivity contribution in [3.63, 3.8) is 0 Å². The zero-order chi connectivity index (χ0) is 15.5. The Bertz CT molecular complexity index is 479. The van der Waals surface area contributed by atoms with Gasteiger partial charge in [-0.25, -0.2) is 0 Å². The molecule has 0 aliphatic carbocycles. The number of piperazine rings is 1. The van der Waals surface area contributed by atoms with Crippen LogP contribution < -0.4 is 21.1 Å². The number of nitrogens with two attached hydrogens (primary N) is 2. The summed E-state index contributed by atoms with van der Waals surface area (Å²) >= 11 is 0. The Morgan fingerprint density at radius 1 is 1.24 bits per heavy atom. The summed E-state index contributed by atoms with van der Waals surface area (Å²) in [4.78, 5) is 15.8. The van der Waals surface area contributed by atoms with E-state index < -0.39 is 11.4 Å². The van der Waals surface area contributed by atoms with Crippen molar-refractivity contribution in [1.82, 2.24) is 4.90 Å². The van der Waals surface area contributed by atoms with Gasteiger partial charge in [0.05, 0.1) is 7.11 Å². The zero-order valence-electron chi connectivity index (χ0n) is 12.7. The summed E-state index contributed by atoms with van der Waals surface area (Å²) in [6.45, 7) is 5.73. The lowest BCUT2D eigenvalue weighted by atomic mass is 10.0. The van der Waals surface area contributed by atoms with Crippen LogP contribution in [0.5, 0.6) is 5.75 Å². The number of hydrogen-bond acceptors (Lipinski definition) is 5. The van der Waals surface area contributed by atoms with Gasteiger partial charge in [0.2, 0.25) is 5.91 Å². The van der Waals surface area contributed by atoms with Crippen LogP contribution in [0.1, 0.15) is 6.92 Å². The molecule has 21 heavy (non-hydrogen) atoms. The number of carbonyl (C=O) groups excluding carboxylic acids is 1. The van der Waals surface area contributed by atoms with Gasteiger partial charge in [-0.3, -0.25) is 9.69 Å². The molecule has 1 amide bonds. The number of anilines is 1. The summed E-state index contributed by atoms with van der Waals surface area (Å²) < 4.78 is 5.17. The Morgan fingerprint density at radius 3 is 2.29 bits per heavy atom. The van der Waals surface area contributed by atoms with Crippen molar-refractivity contribution in [2.75, 3.05) is 44.7 Å². The van der Waals surface area contributed by atoms with Gasteiger partial charge < -0.3 is 21.1 Å². The Morgan fingerprint density at radius 2 is 1.81 bits per heavy atom. The number of amides is 1. The standard InChI is InChI=1S/C15H24N4O2/c1-15(17,14(16)20)11-18-7-9-19(10-8-18)12-3-5-13(21-2)6-4-12/h3-6H,7-11,17H2,1-2H3,(H2,16,20). The van der Waals surface area contributed by atoms with E-state index >= 15 is 0 Å². The molecule has 0 aromatic heterocycles. The first-order chi connectivity index (χ1) is 9.92. The minimum Gasteiger partial charge on any atom is -0.497 e. The Balaban J connectivity index is 1.89. The highest BCUT2D eigenvalue weighted by Gasteiger charge is 2.30. The lowest BCUT2D eigenvalue weighted by molar-refractivity contribution is -0.123. The normalized spacial score (nSPS) is 19.1. The number of benzene rings is 1. The summed E-state index contributed by atoms with van der Waals surface area (Å²) in [6, 6.07) is 8.05. The molecule has 1 aliphatic heterocycles. The van der Waals surface area contributed by atoms with Gasteiger partial charge in [0.25, 0.3) is 0 Å². The predicted octanol–water partition coefficient (Wildman–Crippen LogP) is 0.0199. The minimum absolute atomic E-state index is 0.458. The Hall–Kier alpha value is -1.79. The molecule has 0 bridgehead atoms. The number of hydrogen-bond donors (Lipinski definition) is 2. The van der Waals surface area contributed by atoms with Crippen molar-refractivity contribution in [3.05, 3.63) is 24.3 Å². The third kappa shape index (κ3) is 3.86. The van der Waals surface area contributed by atoms with Crippen molar-refractivity contribution in [2.45, 2.75) is 12.5 Å². The molecule has 1 aromatic rings. The highest BCUT2D eigenvalue weighted by atomic mass is 16.5.